The average molecular weight is 230 g/mol. The first-order valence-electron chi connectivity index (χ1n) is 4.79. The summed E-state index contributed by atoms with van der Waals surface area (Å²) in [4.78, 5) is 12.3. The summed E-state index contributed by atoms with van der Waals surface area (Å²) in [6, 6.07) is 0.538. The number of nitrogens with zero attached hydrogens (tertiary/aromatic N) is 1. The van der Waals surface area contributed by atoms with Crippen LogP contribution in [0, 0.1) is 17.5 Å². The topological polar surface area (TPSA) is 32.3 Å². The van der Waals surface area contributed by atoms with Crippen LogP contribution in [0.1, 0.15) is 6.42 Å². The summed E-state index contributed by atoms with van der Waals surface area (Å²) < 4.78 is 39.4. The molecule has 1 aliphatic heterocycles. The fourth-order valence-electron chi connectivity index (χ4n) is 1.64. The molecule has 0 atom stereocenters. The van der Waals surface area contributed by atoms with Crippen molar-refractivity contribution in [2.75, 3.05) is 18.0 Å². The monoisotopic (exact) mass is 230 g/mol. The van der Waals surface area contributed by atoms with Crippen LogP contribution in [0.5, 0.6) is 0 Å². The molecule has 0 bridgehead atoms. The molecule has 2 amide bonds. The molecule has 1 aromatic carbocycles. The van der Waals surface area contributed by atoms with Crippen LogP contribution in [0.25, 0.3) is 0 Å². The van der Waals surface area contributed by atoms with E-state index in [0.29, 0.717) is 25.1 Å². The van der Waals surface area contributed by atoms with E-state index in [4.69, 9.17) is 0 Å². The summed E-state index contributed by atoms with van der Waals surface area (Å²) in [5, 5.41) is 2.46. The molecule has 16 heavy (non-hydrogen) atoms. The largest absolute Gasteiger partial charge is 0.338 e. The van der Waals surface area contributed by atoms with Gasteiger partial charge in [-0.25, -0.2) is 18.0 Å². The molecule has 1 heterocycles. The van der Waals surface area contributed by atoms with Crippen LogP contribution in [0.15, 0.2) is 12.1 Å². The molecule has 0 spiro atoms. The number of benzene rings is 1. The van der Waals surface area contributed by atoms with E-state index in [1.165, 1.54) is 0 Å². The lowest BCUT2D eigenvalue weighted by molar-refractivity contribution is 0.242. The van der Waals surface area contributed by atoms with Crippen molar-refractivity contribution in [2.45, 2.75) is 6.42 Å². The first-order chi connectivity index (χ1) is 7.59. The Bertz CT molecular complexity index is 413. The first kappa shape index (κ1) is 10.8. The third-order valence-corrected chi connectivity index (χ3v) is 2.33. The Hall–Kier alpha value is -1.72. The van der Waals surface area contributed by atoms with Crippen LogP contribution in [0.2, 0.25) is 0 Å². The Morgan fingerprint density at radius 2 is 1.81 bits per heavy atom. The Morgan fingerprint density at radius 3 is 2.38 bits per heavy atom. The maximum Gasteiger partial charge on any atom is 0.322 e. The third kappa shape index (κ3) is 1.82. The Morgan fingerprint density at radius 1 is 1.19 bits per heavy atom. The van der Waals surface area contributed by atoms with Crippen LogP contribution < -0.4 is 10.2 Å². The summed E-state index contributed by atoms with van der Waals surface area (Å²) >= 11 is 0. The predicted molar refractivity (Wildman–Crippen MR) is 51.7 cm³/mol. The molecule has 1 saturated heterocycles. The quantitative estimate of drug-likeness (QED) is 0.786. The van der Waals surface area contributed by atoms with E-state index >= 15 is 0 Å². The second-order valence-electron chi connectivity index (χ2n) is 3.46. The van der Waals surface area contributed by atoms with Gasteiger partial charge in [-0.3, -0.25) is 4.90 Å². The zero-order valence-electron chi connectivity index (χ0n) is 8.27. The summed E-state index contributed by atoms with van der Waals surface area (Å²) in [6.45, 7) is 0.686. The molecule has 0 saturated carbocycles. The van der Waals surface area contributed by atoms with Crippen LogP contribution in [0.3, 0.4) is 0 Å². The predicted octanol–water partition coefficient (Wildman–Crippen LogP) is 2.02. The van der Waals surface area contributed by atoms with Gasteiger partial charge in [-0.15, -0.1) is 0 Å². The highest BCUT2D eigenvalue weighted by Crippen LogP contribution is 2.25. The van der Waals surface area contributed by atoms with Crippen molar-refractivity contribution in [3.63, 3.8) is 0 Å². The molecule has 0 unspecified atom stereocenters. The van der Waals surface area contributed by atoms with E-state index < -0.39 is 29.2 Å². The summed E-state index contributed by atoms with van der Waals surface area (Å²) in [7, 11) is 0. The van der Waals surface area contributed by atoms with Gasteiger partial charge in [0.15, 0.2) is 11.6 Å². The van der Waals surface area contributed by atoms with Gasteiger partial charge in [-0.2, -0.15) is 0 Å². The maximum absolute atomic E-state index is 13.4. The fourth-order valence-corrected chi connectivity index (χ4v) is 1.64. The zero-order valence-corrected chi connectivity index (χ0v) is 8.27. The molecule has 1 fully saturated rings. The van der Waals surface area contributed by atoms with Crippen molar-refractivity contribution >= 4 is 11.7 Å². The lowest BCUT2D eigenvalue weighted by atomic mass is 10.2. The van der Waals surface area contributed by atoms with Crippen molar-refractivity contribution in [3.05, 3.63) is 29.6 Å². The second kappa shape index (κ2) is 4.03. The molecule has 2 rings (SSSR count). The van der Waals surface area contributed by atoms with Gasteiger partial charge in [-0.1, -0.05) is 0 Å². The minimum atomic E-state index is -1.07. The highest BCUT2D eigenvalue weighted by atomic mass is 19.1. The zero-order chi connectivity index (χ0) is 11.7. The SMILES string of the molecule is O=C1NCCCN1c1c(F)cc(F)cc1F. The minimum absolute atomic E-state index is 0.214. The van der Waals surface area contributed by atoms with Crippen molar-refractivity contribution < 1.29 is 18.0 Å². The number of carbonyl (C=O) groups excluding carboxylic acids is 1. The number of hydrogen-bond acceptors (Lipinski definition) is 1. The van der Waals surface area contributed by atoms with Gasteiger partial charge in [-0.05, 0) is 6.42 Å². The van der Waals surface area contributed by atoms with E-state index in [1.807, 2.05) is 0 Å². The number of urea groups is 1. The van der Waals surface area contributed by atoms with Gasteiger partial charge in [0.2, 0.25) is 0 Å². The Labute approximate surface area is 89.9 Å². The smallest absolute Gasteiger partial charge is 0.322 e. The van der Waals surface area contributed by atoms with Crippen molar-refractivity contribution in [1.29, 1.82) is 0 Å². The van der Waals surface area contributed by atoms with E-state index in [9.17, 15) is 18.0 Å². The number of amides is 2. The molecule has 86 valence electrons. The molecule has 1 N–H and O–H groups in total. The average Bonchev–Trinajstić information content (AvgIpc) is 2.19. The summed E-state index contributed by atoms with van der Waals surface area (Å²) in [6.07, 6.45) is 0.585. The van der Waals surface area contributed by atoms with Crippen molar-refractivity contribution in [1.82, 2.24) is 5.32 Å². The van der Waals surface area contributed by atoms with Gasteiger partial charge < -0.3 is 5.32 Å². The van der Waals surface area contributed by atoms with Gasteiger partial charge in [0.25, 0.3) is 0 Å². The normalized spacial score (nSPS) is 16.2. The molecular formula is C10H9F3N2O. The lowest BCUT2D eigenvalue weighted by Gasteiger charge is -2.27. The lowest BCUT2D eigenvalue weighted by Crippen LogP contribution is -2.47. The van der Waals surface area contributed by atoms with Gasteiger partial charge in [0.1, 0.15) is 11.5 Å². The van der Waals surface area contributed by atoms with Crippen molar-refractivity contribution in [2.24, 2.45) is 0 Å². The first-order valence-corrected chi connectivity index (χ1v) is 4.79. The number of hydrogen-bond donors (Lipinski definition) is 1. The highest BCUT2D eigenvalue weighted by Gasteiger charge is 2.25. The molecule has 6 heteroatoms. The number of carbonyl (C=O) groups is 1. The van der Waals surface area contributed by atoms with Crippen LogP contribution in [-0.2, 0) is 0 Å². The van der Waals surface area contributed by atoms with Crippen LogP contribution >= 0.6 is 0 Å². The molecular weight excluding hydrogens is 221 g/mol. The van der Waals surface area contributed by atoms with E-state index in [-0.39, 0.29) is 6.54 Å². The van der Waals surface area contributed by atoms with Crippen molar-refractivity contribution in [3.8, 4) is 0 Å². The third-order valence-electron chi connectivity index (χ3n) is 2.33. The highest BCUT2D eigenvalue weighted by molar-refractivity contribution is 5.92. The molecule has 0 radical (unpaired) electrons. The summed E-state index contributed by atoms with van der Waals surface area (Å²) in [5.41, 5.74) is -0.501. The van der Waals surface area contributed by atoms with Crippen LogP contribution in [-0.4, -0.2) is 19.1 Å². The molecule has 1 aromatic rings. The van der Waals surface area contributed by atoms with Gasteiger partial charge >= 0.3 is 6.03 Å². The Kier molecular flexibility index (Phi) is 2.72. The minimum Gasteiger partial charge on any atom is -0.338 e. The van der Waals surface area contributed by atoms with Crippen LogP contribution in [0.4, 0.5) is 23.7 Å². The summed E-state index contributed by atoms with van der Waals surface area (Å²) in [5.74, 6) is -3.15. The number of nitrogens with one attached hydrogen (secondary N) is 1. The molecule has 0 aliphatic carbocycles. The maximum atomic E-state index is 13.4. The molecule has 1 aliphatic rings. The van der Waals surface area contributed by atoms with E-state index in [1.54, 1.807) is 0 Å². The van der Waals surface area contributed by atoms with E-state index in [0.717, 1.165) is 4.90 Å². The fraction of sp³-hybridized carbons (Fsp3) is 0.300. The second-order valence-corrected chi connectivity index (χ2v) is 3.46. The van der Waals surface area contributed by atoms with Gasteiger partial charge in [0.05, 0.1) is 0 Å². The molecule has 3 nitrogen and oxygen atoms in total. The molecule has 0 aromatic heterocycles. The number of rotatable bonds is 1. The number of anilines is 1. The Balaban J connectivity index is 2.42. The van der Waals surface area contributed by atoms with Gasteiger partial charge in [0, 0.05) is 25.2 Å². The standard InChI is InChI=1S/C10H9F3N2O/c11-6-4-7(12)9(8(13)5-6)15-3-1-2-14-10(15)16/h4-5H,1-3H2,(H,14,16). The van der Waals surface area contributed by atoms with E-state index in [2.05, 4.69) is 5.32 Å². The number of halogens is 3.